The van der Waals surface area contributed by atoms with E-state index in [2.05, 4.69) is 13.8 Å². The molecule has 0 saturated carbocycles. The summed E-state index contributed by atoms with van der Waals surface area (Å²) >= 11 is 1.80. The molecule has 0 atom stereocenters. The molecular weight excluding hydrogens is 180 g/mol. The van der Waals surface area contributed by atoms with Gasteiger partial charge in [-0.25, -0.2) is 0 Å². The van der Waals surface area contributed by atoms with Gasteiger partial charge < -0.3 is 0 Å². The number of thioether (sulfide) groups is 1. The highest BCUT2D eigenvalue weighted by molar-refractivity contribution is 7.99. The second-order valence-electron chi connectivity index (χ2n) is 3.40. The summed E-state index contributed by atoms with van der Waals surface area (Å²) in [5.41, 5.74) is 0.758. The molecular formula is C11H14OS. The Morgan fingerprint density at radius 1 is 1.46 bits per heavy atom. The van der Waals surface area contributed by atoms with Gasteiger partial charge in [0.05, 0.1) is 0 Å². The first-order chi connectivity index (χ1) is 6.22. The van der Waals surface area contributed by atoms with E-state index in [0.29, 0.717) is 5.92 Å². The summed E-state index contributed by atoms with van der Waals surface area (Å²) in [5.74, 6) is 1.78. The Balaban J connectivity index is 2.61. The van der Waals surface area contributed by atoms with E-state index in [9.17, 15) is 4.79 Å². The zero-order valence-electron chi connectivity index (χ0n) is 7.99. The van der Waals surface area contributed by atoms with Crippen LogP contribution in [0, 0.1) is 5.92 Å². The van der Waals surface area contributed by atoms with E-state index < -0.39 is 0 Å². The molecule has 13 heavy (non-hydrogen) atoms. The quantitative estimate of drug-likeness (QED) is 0.540. The lowest BCUT2D eigenvalue weighted by Crippen LogP contribution is -1.90. The summed E-state index contributed by atoms with van der Waals surface area (Å²) in [6.07, 6.45) is 0.888. The van der Waals surface area contributed by atoms with Crippen LogP contribution in [0.1, 0.15) is 24.2 Å². The van der Waals surface area contributed by atoms with Crippen LogP contribution in [0.4, 0.5) is 0 Å². The zero-order valence-corrected chi connectivity index (χ0v) is 8.80. The minimum absolute atomic E-state index is 0.685. The van der Waals surface area contributed by atoms with Crippen molar-refractivity contribution in [2.24, 2.45) is 5.92 Å². The fraction of sp³-hybridized carbons (Fsp3) is 0.364. The standard InChI is InChI=1S/C11H14OS/c1-9(2)8-13-11-5-3-4-10(6-11)7-12/h3-7,9H,8H2,1-2H3. The second-order valence-corrected chi connectivity index (χ2v) is 4.49. The van der Waals surface area contributed by atoms with Gasteiger partial charge in [-0.15, -0.1) is 11.8 Å². The van der Waals surface area contributed by atoms with Crippen LogP contribution in [-0.4, -0.2) is 12.0 Å². The van der Waals surface area contributed by atoms with Gasteiger partial charge in [0.15, 0.2) is 0 Å². The first kappa shape index (κ1) is 10.3. The van der Waals surface area contributed by atoms with Crippen LogP contribution < -0.4 is 0 Å². The van der Waals surface area contributed by atoms with Crippen molar-refractivity contribution in [3.63, 3.8) is 0 Å². The van der Waals surface area contributed by atoms with Gasteiger partial charge in [0, 0.05) is 16.2 Å². The van der Waals surface area contributed by atoms with Crippen molar-refractivity contribution in [1.29, 1.82) is 0 Å². The summed E-state index contributed by atoms with van der Waals surface area (Å²) in [5, 5.41) is 0. The van der Waals surface area contributed by atoms with Gasteiger partial charge >= 0.3 is 0 Å². The smallest absolute Gasteiger partial charge is 0.150 e. The minimum atomic E-state index is 0.685. The predicted octanol–water partition coefficient (Wildman–Crippen LogP) is 3.25. The van der Waals surface area contributed by atoms with Crippen molar-refractivity contribution in [2.75, 3.05) is 5.75 Å². The Morgan fingerprint density at radius 2 is 2.23 bits per heavy atom. The number of aldehydes is 1. The second kappa shape index (κ2) is 5.07. The molecule has 0 spiro atoms. The maximum atomic E-state index is 10.5. The normalized spacial score (nSPS) is 10.4. The molecule has 0 radical (unpaired) electrons. The van der Waals surface area contributed by atoms with Gasteiger partial charge in [-0.1, -0.05) is 26.0 Å². The molecule has 0 bridgehead atoms. The Bertz CT molecular complexity index is 281. The molecule has 0 saturated heterocycles. The number of carbonyl (C=O) groups is 1. The summed E-state index contributed by atoms with van der Waals surface area (Å²) in [6, 6.07) is 7.72. The molecule has 0 aromatic heterocycles. The number of carbonyl (C=O) groups excluding carboxylic acids is 1. The summed E-state index contributed by atoms with van der Waals surface area (Å²) in [7, 11) is 0. The molecule has 0 N–H and O–H groups in total. The lowest BCUT2D eigenvalue weighted by atomic mass is 10.2. The van der Waals surface area contributed by atoms with Crippen LogP contribution in [0.25, 0.3) is 0 Å². The molecule has 0 aliphatic rings. The third-order valence-corrected chi connectivity index (χ3v) is 3.00. The first-order valence-electron chi connectivity index (χ1n) is 4.40. The first-order valence-corrected chi connectivity index (χ1v) is 5.39. The van der Waals surface area contributed by atoms with E-state index in [0.717, 1.165) is 17.6 Å². The van der Waals surface area contributed by atoms with Crippen molar-refractivity contribution in [1.82, 2.24) is 0 Å². The van der Waals surface area contributed by atoms with Crippen LogP contribution >= 0.6 is 11.8 Å². The third kappa shape index (κ3) is 3.64. The van der Waals surface area contributed by atoms with Gasteiger partial charge in [-0.3, -0.25) is 4.79 Å². The SMILES string of the molecule is CC(C)CSc1cccc(C=O)c1. The maximum absolute atomic E-state index is 10.5. The summed E-state index contributed by atoms with van der Waals surface area (Å²) < 4.78 is 0. The number of rotatable bonds is 4. The average molecular weight is 194 g/mol. The fourth-order valence-corrected chi connectivity index (χ4v) is 1.86. The van der Waals surface area contributed by atoms with Crippen LogP contribution in [0.2, 0.25) is 0 Å². The molecule has 1 nitrogen and oxygen atoms in total. The molecule has 1 rings (SSSR count). The topological polar surface area (TPSA) is 17.1 Å². The van der Waals surface area contributed by atoms with Crippen molar-refractivity contribution in [2.45, 2.75) is 18.7 Å². The van der Waals surface area contributed by atoms with E-state index in [1.54, 1.807) is 11.8 Å². The van der Waals surface area contributed by atoms with Gasteiger partial charge in [0.1, 0.15) is 6.29 Å². The van der Waals surface area contributed by atoms with Gasteiger partial charge in [-0.2, -0.15) is 0 Å². The van der Waals surface area contributed by atoms with Crippen LogP contribution in [-0.2, 0) is 0 Å². The molecule has 1 aromatic rings. The van der Waals surface area contributed by atoms with E-state index >= 15 is 0 Å². The molecule has 1 aromatic carbocycles. The van der Waals surface area contributed by atoms with Crippen LogP contribution in [0.5, 0.6) is 0 Å². The highest BCUT2D eigenvalue weighted by Crippen LogP contribution is 2.20. The van der Waals surface area contributed by atoms with Crippen molar-refractivity contribution < 1.29 is 4.79 Å². The molecule has 2 heteroatoms. The number of benzene rings is 1. The molecule has 0 unspecified atom stereocenters. The van der Waals surface area contributed by atoms with Crippen molar-refractivity contribution >= 4 is 18.0 Å². The van der Waals surface area contributed by atoms with Crippen molar-refractivity contribution in [3.8, 4) is 0 Å². The van der Waals surface area contributed by atoms with E-state index in [4.69, 9.17) is 0 Å². The van der Waals surface area contributed by atoms with Gasteiger partial charge in [0.25, 0.3) is 0 Å². The summed E-state index contributed by atoms with van der Waals surface area (Å²) in [6.45, 7) is 4.38. The van der Waals surface area contributed by atoms with E-state index in [1.165, 1.54) is 4.90 Å². The lowest BCUT2D eigenvalue weighted by Gasteiger charge is -2.04. The maximum Gasteiger partial charge on any atom is 0.150 e. The molecule has 0 aliphatic carbocycles. The average Bonchev–Trinajstić information content (AvgIpc) is 2.15. The van der Waals surface area contributed by atoms with E-state index in [-0.39, 0.29) is 0 Å². The molecule has 0 fully saturated rings. The monoisotopic (exact) mass is 194 g/mol. The largest absolute Gasteiger partial charge is 0.298 e. The van der Waals surface area contributed by atoms with E-state index in [1.807, 2.05) is 24.3 Å². The summed E-state index contributed by atoms with van der Waals surface area (Å²) in [4.78, 5) is 11.7. The van der Waals surface area contributed by atoms with Crippen molar-refractivity contribution in [3.05, 3.63) is 29.8 Å². The van der Waals surface area contributed by atoms with Gasteiger partial charge in [0.2, 0.25) is 0 Å². The Morgan fingerprint density at radius 3 is 2.85 bits per heavy atom. The number of hydrogen-bond acceptors (Lipinski definition) is 2. The minimum Gasteiger partial charge on any atom is -0.298 e. The van der Waals surface area contributed by atoms with Crippen LogP contribution in [0.15, 0.2) is 29.2 Å². The van der Waals surface area contributed by atoms with Crippen LogP contribution in [0.3, 0.4) is 0 Å². The predicted molar refractivity (Wildman–Crippen MR) is 57.4 cm³/mol. The van der Waals surface area contributed by atoms with Gasteiger partial charge in [-0.05, 0) is 18.1 Å². The lowest BCUT2D eigenvalue weighted by molar-refractivity contribution is 0.112. The zero-order chi connectivity index (χ0) is 9.68. The Kier molecular flexibility index (Phi) is 4.03. The molecule has 0 amide bonds. The highest BCUT2D eigenvalue weighted by atomic mass is 32.2. The molecule has 0 aliphatic heterocycles. The number of hydrogen-bond donors (Lipinski definition) is 0. The molecule has 70 valence electrons. The Hall–Kier alpha value is -0.760. The molecule has 0 heterocycles. The fourth-order valence-electron chi connectivity index (χ4n) is 0.941. The highest BCUT2D eigenvalue weighted by Gasteiger charge is 1.98. The Labute approximate surface area is 83.5 Å². The third-order valence-electron chi connectivity index (χ3n) is 1.58.